The van der Waals surface area contributed by atoms with Crippen LogP contribution in [0.15, 0.2) is 41.3 Å². The number of fused-ring (bicyclic) bond motifs is 2. The van der Waals surface area contributed by atoms with Gasteiger partial charge in [0, 0.05) is 33.3 Å². The van der Waals surface area contributed by atoms with Crippen LogP contribution in [0.2, 0.25) is 0 Å². The van der Waals surface area contributed by atoms with Crippen LogP contribution in [-0.2, 0) is 10.0 Å². The first-order valence-electron chi connectivity index (χ1n) is 9.81. The number of sulfonamides is 1. The molecule has 1 amide bonds. The Bertz CT molecular complexity index is 1040. The van der Waals surface area contributed by atoms with Gasteiger partial charge in [-0.1, -0.05) is 25.0 Å². The summed E-state index contributed by atoms with van der Waals surface area (Å²) < 4.78 is 33.4. The number of hydrogen-bond acceptors (Lipinski definition) is 5. The van der Waals surface area contributed by atoms with E-state index in [1.54, 1.807) is 18.2 Å². The standard InChI is InChI=1S/C21H25N3O4S/c1-23(2)29(26,27)20-13-15-19(14-17(20)24-11-7-3-4-8-12-24)28-18-10-6-5-9-16(18)22-21(15)25/h5-6,9-10,13-14H,3-4,7-8,11-12H2,1-2H3,(H,22,25). The number of ether oxygens (including phenoxy) is 1. The van der Waals surface area contributed by atoms with Gasteiger partial charge >= 0.3 is 0 Å². The van der Waals surface area contributed by atoms with E-state index >= 15 is 0 Å². The quantitative estimate of drug-likeness (QED) is 0.827. The second kappa shape index (κ2) is 7.68. The Kier molecular flexibility index (Phi) is 5.23. The highest BCUT2D eigenvalue weighted by molar-refractivity contribution is 7.89. The van der Waals surface area contributed by atoms with Crippen LogP contribution in [-0.4, -0.2) is 45.8 Å². The van der Waals surface area contributed by atoms with Crippen LogP contribution < -0.4 is 15.0 Å². The molecule has 0 atom stereocenters. The van der Waals surface area contributed by atoms with E-state index in [2.05, 4.69) is 10.2 Å². The molecule has 2 aromatic carbocycles. The lowest BCUT2D eigenvalue weighted by atomic mass is 10.1. The number of anilines is 2. The van der Waals surface area contributed by atoms with Crippen LogP contribution in [0, 0.1) is 0 Å². The van der Waals surface area contributed by atoms with Crippen LogP contribution in [0.4, 0.5) is 11.4 Å². The maximum absolute atomic E-state index is 13.1. The third kappa shape index (κ3) is 3.70. The van der Waals surface area contributed by atoms with Crippen molar-refractivity contribution in [2.75, 3.05) is 37.4 Å². The first-order valence-corrected chi connectivity index (χ1v) is 11.3. The zero-order chi connectivity index (χ0) is 20.6. The first-order chi connectivity index (χ1) is 13.9. The van der Waals surface area contributed by atoms with Gasteiger partial charge in [-0.25, -0.2) is 12.7 Å². The maximum Gasteiger partial charge on any atom is 0.259 e. The molecule has 0 unspecified atom stereocenters. The van der Waals surface area contributed by atoms with E-state index in [0.29, 0.717) is 22.9 Å². The van der Waals surface area contributed by atoms with Crippen molar-refractivity contribution in [3.63, 3.8) is 0 Å². The van der Waals surface area contributed by atoms with E-state index in [-0.39, 0.29) is 16.4 Å². The van der Waals surface area contributed by atoms with E-state index in [4.69, 9.17) is 4.74 Å². The molecular formula is C21H25N3O4S. The number of nitrogens with one attached hydrogen (secondary N) is 1. The van der Waals surface area contributed by atoms with Crippen molar-refractivity contribution in [2.45, 2.75) is 30.6 Å². The number of amides is 1. The van der Waals surface area contributed by atoms with Crippen LogP contribution in [0.3, 0.4) is 0 Å². The van der Waals surface area contributed by atoms with Crippen molar-refractivity contribution in [3.8, 4) is 11.5 Å². The van der Waals surface area contributed by atoms with Gasteiger partial charge in [0.1, 0.15) is 10.6 Å². The fourth-order valence-electron chi connectivity index (χ4n) is 3.74. The summed E-state index contributed by atoms with van der Waals surface area (Å²) >= 11 is 0. The molecule has 0 spiro atoms. The molecule has 4 rings (SSSR count). The smallest absolute Gasteiger partial charge is 0.259 e. The predicted molar refractivity (Wildman–Crippen MR) is 112 cm³/mol. The fourth-order valence-corrected chi connectivity index (χ4v) is 4.85. The lowest BCUT2D eigenvalue weighted by molar-refractivity contribution is 0.102. The molecule has 0 saturated carbocycles. The first kappa shape index (κ1) is 19.7. The Morgan fingerprint density at radius 2 is 1.69 bits per heavy atom. The SMILES string of the molecule is CN(C)S(=O)(=O)c1cc2c(cc1N1CCCCCC1)Oc1ccccc1NC2=O. The third-order valence-corrected chi connectivity index (χ3v) is 7.21. The molecule has 2 aliphatic heterocycles. The summed E-state index contributed by atoms with van der Waals surface area (Å²) in [6.07, 6.45) is 4.26. The zero-order valence-electron chi connectivity index (χ0n) is 16.6. The zero-order valence-corrected chi connectivity index (χ0v) is 17.5. The topological polar surface area (TPSA) is 79.0 Å². The van der Waals surface area contributed by atoms with E-state index in [0.717, 1.165) is 38.8 Å². The molecule has 2 aromatic rings. The third-order valence-electron chi connectivity index (χ3n) is 5.37. The second-order valence-electron chi connectivity index (χ2n) is 7.56. The lowest BCUT2D eigenvalue weighted by Gasteiger charge is -2.27. The summed E-state index contributed by atoms with van der Waals surface area (Å²) in [6.45, 7) is 1.55. The predicted octanol–water partition coefficient (Wildman–Crippen LogP) is 3.68. The number of benzene rings is 2. The van der Waals surface area contributed by atoms with Crippen molar-refractivity contribution in [1.29, 1.82) is 0 Å². The summed E-state index contributed by atoms with van der Waals surface area (Å²) in [4.78, 5) is 15.1. The Morgan fingerprint density at radius 3 is 2.38 bits per heavy atom. The second-order valence-corrected chi connectivity index (χ2v) is 9.68. The molecule has 2 aliphatic rings. The molecule has 29 heavy (non-hydrogen) atoms. The van der Waals surface area contributed by atoms with Gasteiger partial charge in [-0.3, -0.25) is 4.79 Å². The molecule has 8 heteroatoms. The molecule has 7 nitrogen and oxygen atoms in total. The van der Waals surface area contributed by atoms with E-state index in [1.165, 1.54) is 24.5 Å². The van der Waals surface area contributed by atoms with E-state index in [1.807, 2.05) is 12.1 Å². The fraction of sp³-hybridized carbons (Fsp3) is 0.381. The van der Waals surface area contributed by atoms with Crippen molar-refractivity contribution < 1.29 is 17.9 Å². The van der Waals surface area contributed by atoms with Gasteiger partial charge < -0.3 is 15.0 Å². The number of hydrogen-bond donors (Lipinski definition) is 1. The normalized spacial score (nSPS) is 16.9. The summed E-state index contributed by atoms with van der Waals surface area (Å²) in [5.41, 5.74) is 1.36. The molecule has 1 saturated heterocycles. The highest BCUT2D eigenvalue weighted by Gasteiger charge is 2.30. The van der Waals surface area contributed by atoms with Gasteiger partial charge in [0.15, 0.2) is 5.75 Å². The number of carbonyl (C=O) groups excluding carboxylic acids is 1. The van der Waals surface area contributed by atoms with Gasteiger partial charge in [-0.2, -0.15) is 0 Å². The van der Waals surface area contributed by atoms with Gasteiger partial charge in [-0.15, -0.1) is 0 Å². The number of rotatable bonds is 3. The number of nitrogens with zero attached hydrogens (tertiary/aromatic N) is 2. The van der Waals surface area contributed by atoms with Crippen molar-refractivity contribution in [3.05, 3.63) is 42.0 Å². The van der Waals surface area contributed by atoms with Crippen molar-refractivity contribution in [1.82, 2.24) is 4.31 Å². The van der Waals surface area contributed by atoms with Crippen LogP contribution in [0.25, 0.3) is 0 Å². The molecular weight excluding hydrogens is 390 g/mol. The summed E-state index contributed by atoms with van der Waals surface area (Å²) in [5.74, 6) is 0.511. The van der Waals surface area contributed by atoms with Crippen molar-refractivity contribution in [2.24, 2.45) is 0 Å². The largest absolute Gasteiger partial charge is 0.454 e. The van der Waals surface area contributed by atoms with E-state index in [9.17, 15) is 13.2 Å². The average Bonchev–Trinajstić information content (AvgIpc) is 3.04. The minimum Gasteiger partial charge on any atom is -0.454 e. The molecule has 2 heterocycles. The highest BCUT2D eigenvalue weighted by Crippen LogP contribution is 2.41. The molecule has 0 aromatic heterocycles. The summed E-state index contributed by atoms with van der Waals surface area (Å²) in [6, 6.07) is 10.3. The van der Waals surface area contributed by atoms with E-state index < -0.39 is 10.0 Å². The maximum atomic E-state index is 13.1. The van der Waals surface area contributed by atoms with Crippen LogP contribution in [0.1, 0.15) is 36.0 Å². The monoisotopic (exact) mass is 415 g/mol. The Hall–Kier alpha value is -2.58. The molecule has 0 bridgehead atoms. The Morgan fingerprint density at radius 1 is 1.00 bits per heavy atom. The molecule has 0 aliphatic carbocycles. The highest BCUT2D eigenvalue weighted by atomic mass is 32.2. The van der Waals surface area contributed by atoms with Gasteiger partial charge in [0.2, 0.25) is 10.0 Å². The van der Waals surface area contributed by atoms with Crippen LogP contribution >= 0.6 is 0 Å². The lowest BCUT2D eigenvalue weighted by Crippen LogP contribution is -2.29. The number of carbonyl (C=O) groups is 1. The molecule has 1 N–H and O–H groups in total. The molecule has 0 radical (unpaired) electrons. The number of para-hydroxylation sites is 2. The molecule has 154 valence electrons. The van der Waals surface area contributed by atoms with Gasteiger partial charge in [-0.05, 0) is 31.0 Å². The Balaban J connectivity index is 1.90. The summed E-state index contributed by atoms with van der Waals surface area (Å²) in [7, 11) is -0.750. The van der Waals surface area contributed by atoms with Crippen molar-refractivity contribution >= 4 is 27.3 Å². The molecule has 1 fully saturated rings. The minimum atomic E-state index is -3.75. The van der Waals surface area contributed by atoms with Crippen LogP contribution in [0.5, 0.6) is 11.5 Å². The van der Waals surface area contributed by atoms with Gasteiger partial charge in [0.25, 0.3) is 5.91 Å². The Labute approximate surface area is 171 Å². The minimum absolute atomic E-state index is 0.132. The van der Waals surface area contributed by atoms with Gasteiger partial charge in [0.05, 0.1) is 16.9 Å². The summed E-state index contributed by atoms with van der Waals surface area (Å²) in [5, 5.41) is 2.81. The average molecular weight is 416 g/mol.